The van der Waals surface area contributed by atoms with E-state index in [0.29, 0.717) is 17.4 Å². The lowest BCUT2D eigenvalue weighted by Crippen LogP contribution is -2.43. The summed E-state index contributed by atoms with van der Waals surface area (Å²) in [6.45, 7) is 2.41. The SMILES string of the molecule is CSc1ncc(CNC(=O)C2(C)CCC2)nn1. The minimum Gasteiger partial charge on any atom is -0.350 e. The number of hydrogen-bond acceptors (Lipinski definition) is 5. The number of carbonyl (C=O) groups is 1. The molecule has 0 saturated heterocycles. The van der Waals surface area contributed by atoms with Gasteiger partial charge in [-0.15, -0.1) is 10.2 Å². The Bertz CT molecular complexity index is 402. The Morgan fingerprint density at radius 2 is 2.29 bits per heavy atom. The van der Waals surface area contributed by atoms with Gasteiger partial charge in [-0.2, -0.15) is 0 Å². The second-order valence-electron chi connectivity index (χ2n) is 4.53. The van der Waals surface area contributed by atoms with Crippen LogP contribution in [0.15, 0.2) is 11.4 Å². The summed E-state index contributed by atoms with van der Waals surface area (Å²) in [5.41, 5.74) is 0.527. The van der Waals surface area contributed by atoms with Crippen LogP contribution in [0.4, 0.5) is 0 Å². The van der Waals surface area contributed by atoms with Gasteiger partial charge in [-0.05, 0) is 19.1 Å². The van der Waals surface area contributed by atoms with E-state index in [-0.39, 0.29) is 11.3 Å². The maximum absolute atomic E-state index is 11.9. The molecule has 0 aromatic carbocycles. The molecular weight excluding hydrogens is 236 g/mol. The molecule has 17 heavy (non-hydrogen) atoms. The van der Waals surface area contributed by atoms with Crippen molar-refractivity contribution >= 4 is 17.7 Å². The van der Waals surface area contributed by atoms with Crippen molar-refractivity contribution in [2.45, 2.75) is 37.9 Å². The predicted octanol–water partition coefficient (Wildman–Crippen LogP) is 1.40. The van der Waals surface area contributed by atoms with Crippen LogP contribution in [-0.4, -0.2) is 27.3 Å². The molecule has 0 spiro atoms. The van der Waals surface area contributed by atoms with Crippen molar-refractivity contribution in [2.24, 2.45) is 5.41 Å². The monoisotopic (exact) mass is 252 g/mol. The van der Waals surface area contributed by atoms with Crippen molar-refractivity contribution in [2.75, 3.05) is 6.26 Å². The van der Waals surface area contributed by atoms with Gasteiger partial charge in [0, 0.05) is 5.41 Å². The molecule has 0 unspecified atom stereocenters. The van der Waals surface area contributed by atoms with Crippen LogP contribution >= 0.6 is 11.8 Å². The number of carbonyl (C=O) groups excluding carboxylic acids is 1. The van der Waals surface area contributed by atoms with Crippen LogP contribution in [-0.2, 0) is 11.3 Å². The lowest BCUT2D eigenvalue weighted by atomic mass is 9.70. The average molecular weight is 252 g/mol. The van der Waals surface area contributed by atoms with Crippen LogP contribution in [0.1, 0.15) is 31.9 Å². The van der Waals surface area contributed by atoms with Gasteiger partial charge < -0.3 is 5.32 Å². The molecule has 1 amide bonds. The van der Waals surface area contributed by atoms with E-state index in [1.165, 1.54) is 11.8 Å². The molecule has 1 aliphatic rings. The molecule has 1 saturated carbocycles. The Morgan fingerprint density at radius 1 is 1.53 bits per heavy atom. The molecule has 2 rings (SSSR count). The van der Waals surface area contributed by atoms with E-state index in [0.717, 1.165) is 19.3 Å². The number of rotatable bonds is 4. The largest absolute Gasteiger partial charge is 0.350 e. The maximum atomic E-state index is 11.9. The fourth-order valence-corrected chi connectivity index (χ4v) is 2.06. The Balaban J connectivity index is 1.86. The standard InChI is InChI=1S/C11H16N4OS/c1-11(4-3-5-11)9(16)12-6-8-7-13-10(17-2)15-14-8/h7H,3-6H2,1-2H3,(H,12,16). The molecule has 5 nitrogen and oxygen atoms in total. The van der Waals surface area contributed by atoms with E-state index in [2.05, 4.69) is 20.5 Å². The summed E-state index contributed by atoms with van der Waals surface area (Å²) in [6, 6.07) is 0. The highest BCUT2D eigenvalue weighted by Crippen LogP contribution is 2.40. The summed E-state index contributed by atoms with van der Waals surface area (Å²) < 4.78 is 0. The second-order valence-corrected chi connectivity index (χ2v) is 5.31. The van der Waals surface area contributed by atoms with E-state index in [1.807, 2.05) is 13.2 Å². The third-order valence-corrected chi connectivity index (χ3v) is 3.76. The molecule has 0 aliphatic heterocycles. The van der Waals surface area contributed by atoms with Crippen molar-refractivity contribution in [3.05, 3.63) is 11.9 Å². The molecule has 0 bridgehead atoms. The van der Waals surface area contributed by atoms with E-state index in [4.69, 9.17) is 0 Å². The maximum Gasteiger partial charge on any atom is 0.226 e. The molecule has 6 heteroatoms. The van der Waals surface area contributed by atoms with Crippen LogP contribution in [0.5, 0.6) is 0 Å². The molecule has 1 aliphatic carbocycles. The zero-order chi connectivity index (χ0) is 12.3. The number of aromatic nitrogens is 3. The zero-order valence-electron chi connectivity index (χ0n) is 10.1. The summed E-state index contributed by atoms with van der Waals surface area (Å²) in [7, 11) is 0. The first-order chi connectivity index (χ1) is 8.14. The Labute approximate surface area is 105 Å². The van der Waals surface area contributed by atoms with Gasteiger partial charge in [0.05, 0.1) is 12.7 Å². The molecule has 1 aromatic rings. The van der Waals surface area contributed by atoms with Crippen molar-refractivity contribution < 1.29 is 4.79 Å². The number of nitrogens with zero attached hydrogens (tertiary/aromatic N) is 3. The number of thioether (sulfide) groups is 1. The van der Waals surface area contributed by atoms with E-state index in [1.54, 1.807) is 6.20 Å². The number of hydrogen-bond donors (Lipinski definition) is 1. The van der Waals surface area contributed by atoms with Gasteiger partial charge in [-0.25, -0.2) is 4.98 Å². The van der Waals surface area contributed by atoms with E-state index in [9.17, 15) is 4.79 Å². The molecule has 1 fully saturated rings. The van der Waals surface area contributed by atoms with Crippen molar-refractivity contribution in [3.63, 3.8) is 0 Å². The Kier molecular flexibility index (Phi) is 3.61. The van der Waals surface area contributed by atoms with Gasteiger partial charge in [0.15, 0.2) is 0 Å². The van der Waals surface area contributed by atoms with Gasteiger partial charge in [0.1, 0.15) is 5.69 Å². The summed E-state index contributed by atoms with van der Waals surface area (Å²) in [5.74, 6) is 0.111. The number of amides is 1. The predicted molar refractivity (Wildman–Crippen MR) is 65.4 cm³/mol. The van der Waals surface area contributed by atoms with Gasteiger partial charge in [0.25, 0.3) is 0 Å². The van der Waals surface area contributed by atoms with Crippen molar-refractivity contribution in [3.8, 4) is 0 Å². The fraction of sp³-hybridized carbons (Fsp3) is 0.636. The Hall–Kier alpha value is -1.17. The van der Waals surface area contributed by atoms with Crippen LogP contribution in [0.2, 0.25) is 0 Å². The second kappa shape index (κ2) is 5.00. The van der Waals surface area contributed by atoms with Crippen molar-refractivity contribution in [1.29, 1.82) is 0 Å². The zero-order valence-corrected chi connectivity index (χ0v) is 10.9. The van der Waals surface area contributed by atoms with Gasteiger partial charge >= 0.3 is 0 Å². The fourth-order valence-electron chi connectivity index (χ4n) is 1.78. The van der Waals surface area contributed by atoms with Crippen molar-refractivity contribution in [1.82, 2.24) is 20.5 Å². The third-order valence-electron chi connectivity index (χ3n) is 3.21. The number of nitrogens with one attached hydrogen (secondary N) is 1. The highest BCUT2D eigenvalue weighted by atomic mass is 32.2. The lowest BCUT2D eigenvalue weighted by molar-refractivity contribution is -0.134. The Morgan fingerprint density at radius 3 is 2.76 bits per heavy atom. The summed E-state index contributed by atoms with van der Waals surface area (Å²) >= 11 is 1.45. The third kappa shape index (κ3) is 2.74. The summed E-state index contributed by atoms with van der Waals surface area (Å²) in [4.78, 5) is 16.0. The quantitative estimate of drug-likeness (QED) is 0.820. The van der Waals surface area contributed by atoms with Gasteiger partial charge in [-0.3, -0.25) is 4.79 Å². The van der Waals surface area contributed by atoms with Crippen LogP contribution < -0.4 is 5.32 Å². The minimum absolute atomic E-state index is 0.111. The van der Waals surface area contributed by atoms with Gasteiger partial charge in [0.2, 0.25) is 11.1 Å². The summed E-state index contributed by atoms with van der Waals surface area (Å²) in [5, 5.41) is 11.5. The first-order valence-electron chi connectivity index (χ1n) is 5.65. The minimum atomic E-state index is -0.167. The molecule has 0 atom stereocenters. The molecular formula is C11H16N4OS. The first-order valence-corrected chi connectivity index (χ1v) is 6.87. The topological polar surface area (TPSA) is 67.8 Å². The molecule has 1 N–H and O–H groups in total. The van der Waals surface area contributed by atoms with Crippen LogP contribution in [0.3, 0.4) is 0 Å². The molecule has 0 radical (unpaired) electrons. The molecule has 92 valence electrons. The van der Waals surface area contributed by atoms with Crippen LogP contribution in [0, 0.1) is 5.41 Å². The van der Waals surface area contributed by atoms with E-state index < -0.39 is 0 Å². The smallest absolute Gasteiger partial charge is 0.226 e. The van der Waals surface area contributed by atoms with Crippen LogP contribution in [0.25, 0.3) is 0 Å². The first kappa shape index (κ1) is 12.3. The highest BCUT2D eigenvalue weighted by Gasteiger charge is 2.38. The average Bonchev–Trinajstić information content (AvgIpc) is 2.33. The van der Waals surface area contributed by atoms with E-state index >= 15 is 0 Å². The normalized spacial score (nSPS) is 17.3. The lowest BCUT2D eigenvalue weighted by Gasteiger charge is -2.36. The molecule has 1 aromatic heterocycles. The van der Waals surface area contributed by atoms with Gasteiger partial charge in [-0.1, -0.05) is 25.1 Å². The molecule has 1 heterocycles. The highest BCUT2D eigenvalue weighted by molar-refractivity contribution is 7.98. The summed E-state index contributed by atoms with van der Waals surface area (Å²) in [6.07, 6.45) is 6.66.